The average Bonchev–Trinajstić information content (AvgIpc) is 2.38. The van der Waals surface area contributed by atoms with Crippen LogP contribution in [-0.4, -0.2) is 4.98 Å². The molecule has 0 spiro atoms. The van der Waals surface area contributed by atoms with Crippen molar-refractivity contribution in [1.29, 1.82) is 0 Å². The van der Waals surface area contributed by atoms with E-state index in [2.05, 4.69) is 4.98 Å². The minimum absolute atomic E-state index is 0.160. The molecule has 0 saturated carbocycles. The van der Waals surface area contributed by atoms with Crippen molar-refractivity contribution in [3.63, 3.8) is 0 Å². The number of hydrogen-bond donors (Lipinski definition) is 1. The van der Waals surface area contributed by atoms with Gasteiger partial charge in [0.25, 0.3) is 0 Å². The van der Waals surface area contributed by atoms with Crippen molar-refractivity contribution >= 4 is 0 Å². The number of nitrogens with zero attached hydrogens (tertiary/aromatic N) is 1. The predicted molar refractivity (Wildman–Crippen MR) is 62.9 cm³/mol. The number of rotatable bonds is 4. The lowest BCUT2D eigenvalue weighted by Gasteiger charge is -2.07. The maximum Gasteiger partial charge on any atom is 0.213 e. The molecule has 2 aromatic rings. The molecule has 0 aliphatic carbocycles. The minimum atomic E-state index is -0.275. The second kappa shape index (κ2) is 5.41. The Hall–Kier alpha value is -1.94. The Morgan fingerprint density at radius 1 is 1.12 bits per heavy atom. The van der Waals surface area contributed by atoms with Gasteiger partial charge in [0.15, 0.2) is 0 Å². The van der Waals surface area contributed by atoms with Gasteiger partial charge in [0.1, 0.15) is 12.4 Å². The van der Waals surface area contributed by atoms with Crippen LogP contribution in [0.5, 0.6) is 5.88 Å². The van der Waals surface area contributed by atoms with Crippen LogP contribution in [-0.2, 0) is 13.2 Å². The lowest BCUT2D eigenvalue weighted by molar-refractivity contribution is 0.287. The summed E-state index contributed by atoms with van der Waals surface area (Å²) in [6.45, 7) is 0.518. The van der Waals surface area contributed by atoms with E-state index in [0.29, 0.717) is 18.0 Å². The molecule has 0 atom stereocenters. The monoisotopic (exact) mass is 232 g/mol. The number of pyridine rings is 1. The third-order valence-electron chi connectivity index (χ3n) is 2.32. The number of halogens is 1. The Balaban J connectivity index is 2.05. The van der Waals surface area contributed by atoms with E-state index < -0.39 is 0 Å². The van der Waals surface area contributed by atoms with Crippen LogP contribution >= 0.6 is 0 Å². The Kier molecular flexibility index (Phi) is 3.67. The molecule has 4 heteroatoms. The van der Waals surface area contributed by atoms with Crippen LogP contribution in [0, 0.1) is 5.82 Å². The summed E-state index contributed by atoms with van der Waals surface area (Å²) < 4.78 is 18.7. The zero-order valence-corrected chi connectivity index (χ0v) is 9.27. The van der Waals surface area contributed by atoms with Gasteiger partial charge in [0.2, 0.25) is 5.88 Å². The largest absolute Gasteiger partial charge is 0.473 e. The lowest BCUT2D eigenvalue weighted by atomic mass is 10.2. The fourth-order valence-corrected chi connectivity index (χ4v) is 1.42. The first-order valence-electron chi connectivity index (χ1n) is 5.32. The molecule has 0 aliphatic rings. The number of hydrogen-bond acceptors (Lipinski definition) is 3. The van der Waals surface area contributed by atoms with Crippen molar-refractivity contribution in [3.05, 3.63) is 59.5 Å². The van der Waals surface area contributed by atoms with E-state index in [1.54, 1.807) is 24.3 Å². The molecule has 1 aromatic carbocycles. The number of nitrogens with two attached hydrogens (primary N) is 1. The van der Waals surface area contributed by atoms with Crippen molar-refractivity contribution in [1.82, 2.24) is 4.98 Å². The topological polar surface area (TPSA) is 48.1 Å². The van der Waals surface area contributed by atoms with Gasteiger partial charge in [-0.25, -0.2) is 9.37 Å². The molecule has 88 valence electrons. The maximum atomic E-state index is 13.3. The van der Waals surface area contributed by atoms with Crippen LogP contribution in [0.3, 0.4) is 0 Å². The first-order chi connectivity index (χ1) is 8.29. The number of benzene rings is 1. The molecule has 0 fully saturated rings. The second-order valence-corrected chi connectivity index (χ2v) is 3.55. The first kappa shape index (κ1) is 11.5. The van der Waals surface area contributed by atoms with Gasteiger partial charge in [-0.05, 0) is 12.1 Å². The molecule has 0 radical (unpaired) electrons. The summed E-state index contributed by atoms with van der Waals surface area (Å²) in [6, 6.07) is 11.9. The van der Waals surface area contributed by atoms with Crippen molar-refractivity contribution in [2.75, 3.05) is 0 Å². The summed E-state index contributed by atoms with van der Waals surface area (Å²) in [5.74, 6) is 0.179. The highest BCUT2D eigenvalue weighted by Crippen LogP contribution is 2.12. The predicted octanol–water partition coefficient (Wildman–Crippen LogP) is 2.26. The molecule has 1 aromatic heterocycles. The van der Waals surface area contributed by atoms with E-state index in [9.17, 15) is 4.39 Å². The summed E-state index contributed by atoms with van der Waals surface area (Å²) >= 11 is 0. The highest BCUT2D eigenvalue weighted by Gasteiger charge is 2.02. The van der Waals surface area contributed by atoms with Gasteiger partial charge in [-0.15, -0.1) is 0 Å². The van der Waals surface area contributed by atoms with Crippen molar-refractivity contribution < 1.29 is 9.13 Å². The summed E-state index contributed by atoms with van der Waals surface area (Å²) in [6.07, 6.45) is 0. The lowest BCUT2D eigenvalue weighted by Crippen LogP contribution is -2.03. The van der Waals surface area contributed by atoms with Gasteiger partial charge < -0.3 is 10.5 Å². The fourth-order valence-electron chi connectivity index (χ4n) is 1.42. The molecule has 2 N–H and O–H groups in total. The average molecular weight is 232 g/mol. The van der Waals surface area contributed by atoms with Crippen molar-refractivity contribution in [2.24, 2.45) is 5.73 Å². The molecule has 3 nitrogen and oxygen atoms in total. The molecule has 0 saturated heterocycles. The Morgan fingerprint density at radius 3 is 2.71 bits per heavy atom. The van der Waals surface area contributed by atoms with Gasteiger partial charge in [0, 0.05) is 18.2 Å². The molecule has 1 heterocycles. The quantitative estimate of drug-likeness (QED) is 0.879. The number of aromatic nitrogens is 1. The van der Waals surface area contributed by atoms with Crippen LogP contribution < -0.4 is 10.5 Å². The van der Waals surface area contributed by atoms with Crippen LogP contribution in [0.1, 0.15) is 11.3 Å². The smallest absolute Gasteiger partial charge is 0.213 e. The molecule has 17 heavy (non-hydrogen) atoms. The molecule has 0 aliphatic heterocycles. The fraction of sp³-hybridized carbons (Fsp3) is 0.154. The van der Waals surface area contributed by atoms with E-state index in [4.69, 9.17) is 10.5 Å². The highest BCUT2D eigenvalue weighted by atomic mass is 19.1. The third kappa shape index (κ3) is 3.01. The summed E-state index contributed by atoms with van der Waals surface area (Å²) in [5, 5.41) is 0. The SMILES string of the molecule is NCc1cccc(OCc2ccccc2F)n1. The van der Waals surface area contributed by atoms with E-state index in [1.807, 2.05) is 12.1 Å². The zero-order chi connectivity index (χ0) is 12.1. The number of ether oxygens (including phenoxy) is 1. The molecule has 0 amide bonds. The van der Waals surface area contributed by atoms with Crippen LogP contribution in [0.25, 0.3) is 0 Å². The molecular formula is C13H13FN2O. The van der Waals surface area contributed by atoms with Gasteiger partial charge >= 0.3 is 0 Å². The molecule has 0 bridgehead atoms. The van der Waals surface area contributed by atoms with Crippen molar-refractivity contribution in [3.8, 4) is 5.88 Å². The van der Waals surface area contributed by atoms with Gasteiger partial charge in [-0.1, -0.05) is 24.3 Å². The maximum absolute atomic E-state index is 13.3. The zero-order valence-electron chi connectivity index (χ0n) is 9.27. The van der Waals surface area contributed by atoms with Crippen LogP contribution in [0.4, 0.5) is 4.39 Å². The Labute approximate surface area is 99.1 Å². The minimum Gasteiger partial charge on any atom is -0.473 e. The Bertz CT molecular complexity index is 502. The first-order valence-corrected chi connectivity index (χ1v) is 5.32. The van der Waals surface area contributed by atoms with Gasteiger partial charge in [-0.3, -0.25) is 0 Å². The molecule has 0 unspecified atom stereocenters. The van der Waals surface area contributed by atoms with Gasteiger partial charge in [0.05, 0.1) is 5.69 Å². The Morgan fingerprint density at radius 2 is 1.94 bits per heavy atom. The van der Waals surface area contributed by atoms with E-state index >= 15 is 0 Å². The normalized spacial score (nSPS) is 10.2. The summed E-state index contributed by atoms with van der Waals surface area (Å²) in [7, 11) is 0. The summed E-state index contributed by atoms with van der Waals surface area (Å²) in [5.41, 5.74) is 6.73. The third-order valence-corrected chi connectivity index (χ3v) is 2.32. The van der Waals surface area contributed by atoms with E-state index in [1.165, 1.54) is 6.07 Å². The summed E-state index contributed by atoms with van der Waals surface area (Å²) in [4.78, 5) is 4.17. The van der Waals surface area contributed by atoms with E-state index in [0.717, 1.165) is 5.69 Å². The van der Waals surface area contributed by atoms with Gasteiger partial charge in [-0.2, -0.15) is 0 Å². The van der Waals surface area contributed by atoms with E-state index in [-0.39, 0.29) is 12.4 Å². The highest BCUT2D eigenvalue weighted by molar-refractivity contribution is 5.19. The molecular weight excluding hydrogens is 219 g/mol. The van der Waals surface area contributed by atoms with Crippen LogP contribution in [0.2, 0.25) is 0 Å². The standard InChI is InChI=1S/C13H13FN2O/c14-12-6-2-1-4-10(12)9-17-13-7-3-5-11(8-15)16-13/h1-7H,8-9,15H2. The second-order valence-electron chi connectivity index (χ2n) is 3.55. The molecule has 2 rings (SSSR count). The van der Waals surface area contributed by atoms with Crippen LogP contribution in [0.15, 0.2) is 42.5 Å². The van der Waals surface area contributed by atoms with Crippen molar-refractivity contribution in [2.45, 2.75) is 13.2 Å².